The molecule has 0 radical (unpaired) electrons. The molecule has 4 rings (SSSR count). The Morgan fingerprint density at radius 1 is 1.42 bits per heavy atom. The van der Waals surface area contributed by atoms with E-state index >= 15 is 0 Å². The molecule has 3 aromatic rings. The molecular formula is C19H20N2O2S. The van der Waals surface area contributed by atoms with E-state index in [1.807, 2.05) is 36.7 Å². The first-order valence-corrected chi connectivity index (χ1v) is 9.19. The highest BCUT2D eigenvalue weighted by Crippen LogP contribution is 2.33. The van der Waals surface area contributed by atoms with Gasteiger partial charge in [-0.2, -0.15) is 0 Å². The van der Waals surface area contributed by atoms with E-state index in [4.69, 9.17) is 0 Å². The summed E-state index contributed by atoms with van der Waals surface area (Å²) in [7, 11) is 0. The maximum atomic E-state index is 12.8. The topological polar surface area (TPSA) is 55.1 Å². The van der Waals surface area contributed by atoms with E-state index in [0.717, 1.165) is 45.2 Å². The van der Waals surface area contributed by atoms with Crippen molar-refractivity contribution in [1.29, 1.82) is 0 Å². The van der Waals surface area contributed by atoms with Gasteiger partial charge >= 0.3 is 0 Å². The number of thiazole rings is 1. The van der Waals surface area contributed by atoms with Crippen LogP contribution in [-0.4, -0.2) is 20.4 Å². The molecule has 1 fully saturated rings. The molecule has 124 valence electrons. The van der Waals surface area contributed by atoms with Crippen LogP contribution in [-0.2, 0) is 19.6 Å². The largest absolute Gasteiger partial charge is 0.392 e. The first-order valence-electron chi connectivity index (χ1n) is 8.31. The average molecular weight is 340 g/mol. The fourth-order valence-electron chi connectivity index (χ4n) is 3.10. The van der Waals surface area contributed by atoms with Crippen LogP contribution in [0.4, 0.5) is 0 Å². The fraction of sp³-hybridized carbons (Fsp3) is 0.368. The highest BCUT2D eigenvalue weighted by Gasteiger charge is 2.24. The van der Waals surface area contributed by atoms with E-state index in [-0.39, 0.29) is 12.4 Å². The monoisotopic (exact) mass is 340 g/mol. The molecule has 1 aromatic carbocycles. The van der Waals surface area contributed by atoms with Crippen molar-refractivity contribution in [3.63, 3.8) is 0 Å². The summed E-state index contributed by atoms with van der Waals surface area (Å²) in [6, 6.07) is 5.86. The second-order valence-electron chi connectivity index (χ2n) is 6.63. The number of Topliss-reactive ketones (excluding diaryl/α,β-unsaturated/α-hetero) is 1. The van der Waals surface area contributed by atoms with Gasteiger partial charge in [0, 0.05) is 40.3 Å². The maximum absolute atomic E-state index is 12.8. The van der Waals surface area contributed by atoms with Crippen molar-refractivity contribution in [1.82, 2.24) is 9.55 Å². The zero-order chi connectivity index (χ0) is 16.7. The summed E-state index contributed by atoms with van der Waals surface area (Å²) in [5.41, 5.74) is 3.66. The summed E-state index contributed by atoms with van der Waals surface area (Å²) < 4.78 is 2.19. The van der Waals surface area contributed by atoms with Crippen LogP contribution in [0.15, 0.2) is 29.8 Å². The number of ketones is 1. The number of aromatic nitrogens is 2. The minimum Gasteiger partial charge on any atom is -0.392 e. The Kier molecular flexibility index (Phi) is 3.98. The first kappa shape index (κ1) is 15.5. The standard InChI is InChI=1S/C19H20N2O2S/c1-12-11-24-19(20-12)7-18(23)16-9-21(8-13-2-3-13)17-6-14(10-22)4-5-15(16)17/h4-6,9,11,13,22H,2-3,7-8,10H2,1H3. The van der Waals surface area contributed by atoms with Crippen molar-refractivity contribution in [2.75, 3.05) is 0 Å². The Bertz CT molecular complexity index is 905. The number of rotatable bonds is 6. The smallest absolute Gasteiger partial charge is 0.171 e. The molecular weight excluding hydrogens is 320 g/mol. The van der Waals surface area contributed by atoms with E-state index < -0.39 is 0 Å². The molecule has 2 heterocycles. The number of benzene rings is 1. The molecule has 4 nitrogen and oxygen atoms in total. The van der Waals surface area contributed by atoms with Gasteiger partial charge in [0.1, 0.15) is 5.01 Å². The molecule has 24 heavy (non-hydrogen) atoms. The van der Waals surface area contributed by atoms with Crippen LogP contribution >= 0.6 is 11.3 Å². The summed E-state index contributed by atoms with van der Waals surface area (Å²) >= 11 is 1.54. The number of aliphatic hydroxyl groups excluding tert-OH is 1. The lowest BCUT2D eigenvalue weighted by atomic mass is 10.1. The molecule has 0 spiro atoms. The third kappa shape index (κ3) is 3.01. The van der Waals surface area contributed by atoms with Crippen molar-refractivity contribution in [2.24, 2.45) is 5.92 Å². The Balaban J connectivity index is 1.72. The number of carbonyl (C=O) groups is 1. The molecule has 1 N–H and O–H groups in total. The molecule has 2 aromatic heterocycles. The summed E-state index contributed by atoms with van der Waals surface area (Å²) in [4.78, 5) is 17.2. The number of carbonyl (C=O) groups excluding carboxylic acids is 1. The van der Waals surface area contributed by atoms with Crippen LogP contribution in [0.25, 0.3) is 10.9 Å². The minimum atomic E-state index is 0.0201. The van der Waals surface area contributed by atoms with Crippen LogP contribution in [0.2, 0.25) is 0 Å². The second-order valence-corrected chi connectivity index (χ2v) is 7.57. The predicted octanol–water partition coefficient (Wildman–Crippen LogP) is 3.73. The van der Waals surface area contributed by atoms with Gasteiger partial charge in [-0.05, 0) is 37.3 Å². The van der Waals surface area contributed by atoms with Crippen LogP contribution in [0.5, 0.6) is 0 Å². The van der Waals surface area contributed by atoms with Crippen molar-refractivity contribution in [2.45, 2.75) is 39.3 Å². The van der Waals surface area contributed by atoms with Crippen molar-refractivity contribution < 1.29 is 9.90 Å². The van der Waals surface area contributed by atoms with Gasteiger partial charge in [-0.3, -0.25) is 4.79 Å². The summed E-state index contributed by atoms with van der Waals surface area (Å²) in [6.45, 7) is 2.92. The molecule has 0 amide bonds. The Morgan fingerprint density at radius 2 is 2.25 bits per heavy atom. The van der Waals surface area contributed by atoms with Gasteiger partial charge in [-0.1, -0.05) is 12.1 Å². The average Bonchev–Trinajstić information content (AvgIpc) is 3.20. The van der Waals surface area contributed by atoms with E-state index in [0.29, 0.717) is 6.42 Å². The van der Waals surface area contributed by atoms with E-state index in [1.54, 1.807) is 0 Å². The highest BCUT2D eigenvalue weighted by atomic mass is 32.1. The lowest BCUT2D eigenvalue weighted by molar-refractivity contribution is 0.0994. The quantitative estimate of drug-likeness (QED) is 0.696. The molecule has 1 saturated carbocycles. The van der Waals surface area contributed by atoms with Gasteiger partial charge < -0.3 is 9.67 Å². The minimum absolute atomic E-state index is 0.0201. The lowest BCUT2D eigenvalue weighted by Gasteiger charge is -2.04. The molecule has 0 atom stereocenters. The number of nitrogens with zero attached hydrogens (tertiary/aromatic N) is 2. The van der Waals surface area contributed by atoms with Crippen LogP contribution < -0.4 is 0 Å². The maximum Gasteiger partial charge on any atom is 0.171 e. The van der Waals surface area contributed by atoms with E-state index in [2.05, 4.69) is 9.55 Å². The van der Waals surface area contributed by atoms with Crippen LogP contribution in [0, 0.1) is 12.8 Å². The zero-order valence-electron chi connectivity index (χ0n) is 13.7. The third-order valence-electron chi connectivity index (χ3n) is 4.56. The molecule has 0 aliphatic heterocycles. The Labute approximate surface area is 144 Å². The second kappa shape index (κ2) is 6.15. The number of aliphatic hydroxyl groups is 1. The Hall–Kier alpha value is -1.98. The molecule has 5 heteroatoms. The summed E-state index contributed by atoms with van der Waals surface area (Å²) in [6.07, 6.45) is 4.87. The SMILES string of the molecule is Cc1csc(CC(=O)c2cn(CC3CC3)c3cc(CO)ccc23)n1. The van der Waals surface area contributed by atoms with E-state index in [1.165, 1.54) is 24.2 Å². The molecule has 0 unspecified atom stereocenters. The predicted molar refractivity (Wildman–Crippen MR) is 95.5 cm³/mol. The lowest BCUT2D eigenvalue weighted by Crippen LogP contribution is -2.03. The van der Waals surface area contributed by atoms with Gasteiger partial charge in [0.2, 0.25) is 0 Å². The zero-order valence-corrected chi connectivity index (χ0v) is 14.5. The normalized spacial score (nSPS) is 14.4. The Morgan fingerprint density at radius 3 is 2.92 bits per heavy atom. The summed E-state index contributed by atoms with van der Waals surface area (Å²) in [5.74, 6) is 0.837. The van der Waals surface area contributed by atoms with Crippen molar-refractivity contribution in [3.05, 3.63) is 51.6 Å². The van der Waals surface area contributed by atoms with Crippen molar-refractivity contribution in [3.8, 4) is 0 Å². The van der Waals surface area contributed by atoms with Crippen LogP contribution in [0.3, 0.4) is 0 Å². The van der Waals surface area contributed by atoms with Crippen molar-refractivity contribution >= 4 is 28.0 Å². The molecule has 1 aliphatic rings. The fourth-order valence-corrected chi connectivity index (χ4v) is 3.87. The first-order chi connectivity index (χ1) is 11.6. The number of hydrogen-bond donors (Lipinski definition) is 1. The molecule has 1 aliphatic carbocycles. The highest BCUT2D eigenvalue weighted by molar-refractivity contribution is 7.09. The number of aryl methyl sites for hydroxylation is 1. The third-order valence-corrected chi connectivity index (χ3v) is 5.53. The van der Waals surface area contributed by atoms with E-state index in [9.17, 15) is 9.90 Å². The number of hydrogen-bond acceptors (Lipinski definition) is 4. The van der Waals surface area contributed by atoms with Crippen LogP contribution in [0.1, 0.15) is 39.5 Å². The van der Waals surface area contributed by atoms with Gasteiger partial charge in [0.25, 0.3) is 0 Å². The van der Waals surface area contributed by atoms with Gasteiger partial charge in [0.15, 0.2) is 5.78 Å². The molecule has 0 saturated heterocycles. The number of fused-ring (bicyclic) bond motifs is 1. The van der Waals surface area contributed by atoms with Gasteiger partial charge in [-0.25, -0.2) is 4.98 Å². The summed E-state index contributed by atoms with van der Waals surface area (Å²) in [5, 5.41) is 13.2. The van der Waals surface area contributed by atoms with Gasteiger partial charge in [-0.15, -0.1) is 11.3 Å². The molecule has 0 bridgehead atoms. The van der Waals surface area contributed by atoms with Gasteiger partial charge in [0.05, 0.1) is 13.0 Å².